The highest BCUT2D eigenvalue weighted by atomic mass is 16.3. The summed E-state index contributed by atoms with van der Waals surface area (Å²) in [6.45, 7) is 6.14. The lowest BCUT2D eigenvalue weighted by molar-refractivity contribution is -0.158. The van der Waals surface area contributed by atoms with Gasteiger partial charge in [0.25, 0.3) is 0 Å². The maximum absolute atomic E-state index is 13.0. The van der Waals surface area contributed by atoms with E-state index in [9.17, 15) is 9.59 Å². The highest BCUT2D eigenvalue weighted by molar-refractivity contribution is 6.00. The van der Waals surface area contributed by atoms with E-state index in [0.717, 1.165) is 12.8 Å². The first-order valence-electron chi connectivity index (χ1n) is 7.59. The van der Waals surface area contributed by atoms with Crippen molar-refractivity contribution in [1.29, 1.82) is 0 Å². The van der Waals surface area contributed by atoms with Gasteiger partial charge in [-0.15, -0.1) is 0 Å². The molecule has 0 radical (unpaired) electrons. The predicted octanol–water partition coefficient (Wildman–Crippen LogP) is 1.93. The average Bonchev–Trinajstić information content (AvgIpc) is 3.15. The molecule has 1 saturated heterocycles. The third-order valence-corrected chi connectivity index (χ3v) is 4.62. The molecule has 1 aromatic heterocycles. The SMILES string of the molecule is CC(C)C1C(=O)NC(C)(C2CC2)C(=O)N1Cc1ccco1. The summed E-state index contributed by atoms with van der Waals surface area (Å²) in [6, 6.07) is 3.20. The quantitative estimate of drug-likeness (QED) is 0.921. The molecule has 5 nitrogen and oxygen atoms in total. The molecule has 1 aliphatic carbocycles. The van der Waals surface area contributed by atoms with Crippen LogP contribution in [0.15, 0.2) is 22.8 Å². The third kappa shape index (κ3) is 2.34. The molecular weight excluding hydrogens is 268 g/mol. The normalized spacial score (nSPS) is 29.9. The number of furan rings is 1. The van der Waals surface area contributed by atoms with E-state index in [-0.39, 0.29) is 23.7 Å². The van der Waals surface area contributed by atoms with Gasteiger partial charge in [-0.3, -0.25) is 9.59 Å². The van der Waals surface area contributed by atoms with E-state index >= 15 is 0 Å². The molecule has 2 aliphatic rings. The van der Waals surface area contributed by atoms with Crippen LogP contribution in [0.5, 0.6) is 0 Å². The van der Waals surface area contributed by atoms with Crippen LogP contribution in [0.4, 0.5) is 0 Å². The Labute approximate surface area is 124 Å². The monoisotopic (exact) mass is 290 g/mol. The van der Waals surface area contributed by atoms with Crippen LogP contribution in [0.25, 0.3) is 0 Å². The molecule has 2 unspecified atom stereocenters. The average molecular weight is 290 g/mol. The molecule has 1 saturated carbocycles. The van der Waals surface area contributed by atoms with Crippen LogP contribution in [0.3, 0.4) is 0 Å². The Morgan fingerprint density at radius 3 is 2.67 bits per heavy atom. The Bertz CT molecular complexity index is 548. The van der Waals surface area contributed by atoms with E-state index in [4.69, 9.17) is 4.42 Å². The third-order valence-electron chi connectivity index (χ3n) is 4.62. The van der Waals surface area contributed by atoms with Gasteiger partial charge in [-0.25, -0.2) is 0 Å². The van der Waals surface area contributed by atoms with Crippen molar-refractivity contribution in [1.82, 2.24) is 10.2 Å². The molecule has 2 heterocycles. The van der Waals surface area contributed by atoms with Gasteiger partial charge in [0.1, 0.15) is 17.3 Å². The predicted molar refractivity (Wildman–Crippen MR) is 77.2 cm³/mol. The lowest BCUT2D eigenvalue weighted by Gasteiger charge is -2.45. The standard InChI is InChI=1S/C16H22N2O3/c1-10(2)13-14(19)17-16(3,11-6-7-11)15(20)18(13)9-12-5-4-8-21-12/h4-5,8,10-11,13H,6-7,9H2,1-3H3,(H,17,19). The molecule has 2 amide bonds. The summed E-state index contributed by atoms with van der Waals surface area (Å²) in [4.78, 5) is 27.2. The summed E-state index contributed by atoms with van der Waals surface area (Å²) in [5.41, 5.74) is -0.755. The zero-order valence-electron chi connectivity index (χ0n) is 12.8. The Kier molecular flexibility index (Phi) is 3.30. The van der Waals surface area contributed by atoms with Crippen molar-refractivity contribution in [2.75, 3.05) is 0 Å². The minimum atomic E-state index is -0.755. The first-order chi connectivity index (χ1) is 9.93. The van der Waals surface area contributed by atoms with E-state index in [1.54, 1.807) is 17.2 Å². The van der Waals surface area contributed by atoms with Gasteiger partial charge in [0.2, 0.25) is 11.8 Å². The molecule has 5 heteroatoms. The first kappa shape index (κ1) is 14.2. The van der Waals surface area contributed by atoms with Crippen LogP contribution in [-0.2, 0) is 16.1 Å². The summed E-state index contributed by atoms with van der Waals surface area (Å²) in [6.07, 6.45) is 3.60. The fourth-order valence-corrected chi connectivity index (χ4v) is 3.29. The summed E-state index contributed by atoms with van der Waals surface area (Å²) in [5.74, 6) is 1.00. The summed E-state index contributed by atoms with van der Waals surface area (Å²) >= 11 is 0. The second-order valence-electron chi connectivity index (χ2n) is 6.67. The minimum absolute atomic E-state index is 0.0136. The number of carbonyl (C=O) groups excluding carboxylic acids is 2. The number of hydrogen-bond donors (Lipinski definition) is 1. The smallest absolute Gasteiger partial charge is 0.249 e. The van der Waals surface area contributed by atoms with Crippen LogP contribution in [0.2, 0.25) is 0 Å². The number of piperazine rings is 1. The molecule has 3 rings (SSSR count). The molecule has 2 atom stereocenters. The number of carbonyl (C=O) groups is 2. The lowest BCUT2D eigenvalue weighted by Crippen LogP contribution is -2.70. The number of hydrogen-bond acceptors (Lipinski definition) is 3. The molecule has 114 valence electrons. The van der Waals surface area contributed by atoms with Gasteiger partial charge >= 0.3 is 0 Å². The van der Waals surface area contributed by atoms with Crippen molar-refractivity contribution in [2.24, 2.45) is 11.8 Å². The number of nitrogens with zero attached hydrogens (tertiary/aromatic N) is 1. The van der Waals surface area contributed by atoms with Crippen molar-refractivity contribution < 1.29 is 14.0 Å². The molecule has 2 fully saturated rings. The van der Waals surface area contributed by atoms with Gasteiger partial charge in [0.15, 0.2) is 0 Å². The van der Waals surface area contributed by atoms with E-state index < -0.39 is 11.6 Å². The number of nitrogens with one attached hydrogen (secondary N) is 1. The van der Waals surface area contributed by atoms with Crippen LogP contribution < -0.4 is 5.32 Å². The largest absolute Gasteiger partial charge is 0.467 e. The van der Waals surface area contributed by atoms with E-state index in [0.29, 0.717) is 12.3 Å². The highest BCUT2D eigenvalue weighted by Crippen LogP contribution is 2.43. The maximum Gasteiger partial charge on any atom is 0.249 e. The fourth-order valence-electron chi connectivity index (χ4n) is 3.29. The summed E-state index contributed by atoms with van der Waals surface area (Å²) in [7, 11) is 0. The Morgan fingerprint density at radius 1 is 1.43 bits per heavy atom. The summed E-state index contributed by atoms with van der Waals surface area (Å²) in [5, 5.41) is 2.98. The molecule has 0 aromatic carbocycles. The molecule has 0 spiro atoms. The highest BCUT2D eigenvalue weighted by Gasteiger charge is 2.55. The molecule has 0 bridgehead atoms. The Balaban J connectivity index is 1.92. The van der Waals surface area contributed by atoms with E-state index in [1.807, 2.05) is 26.8 Å². The van der Waals surface area contributed by atoms with Gasteiger partial charge in [0, 0.05) is 0 Å². The summed E-state index contributed by atoms with van der Waals surface area (Å²) < 4.78 is 5.37. The van der Waals surface area contributed by atoms with Crippen LogP contribution in [-0.4, -0.2) is 28.3 Å². The fraction of sp³-hybridized carbons (Fsp3) is 0.625. The second kappa shape index (κ2) is 4.90. The number of rotatable bonds is 4. The Morgan fingerprint density at radius 2 is 2.14 bits per heavy atom. The van der Waals surface area contributed by atoms with Crippen molar-refractivity contribution in [3.8, 4) is 0 Å². The van der Waals surface area contributed by atoms with Gasteiger partial charge in [-0.05, 0) is 43.7 Å². The van der Waals surface area contributed by atoms with Crippen molar-refractivity contribution >= 4 is 11.8 Å². The van der Waals surface area contributed by atoms with Gasteiger partial charge < -0.3 is 14.6 Å². The molecule has 1 N–H and O–H groups in total. The van der Waals surface area contributed by atoms with Crippen LogP contribution >= 0.6 is 0 Å². The molecular formula is C16H22N2O3. The van der Waals surface area contributed by atoms with Crippen LogP contribution in [0.1, 0.15) is 39.4 Å². The Hall–Kier alpha value is -1.78. The van der Waals surface area contributed by atoms with Crippen molar-refractivity contribution in [3.05, 3.63) is 24.2 Å². The van der Waals surface area contributed by atoms with Gasteiger partial charge in [-0.1, -0.05) is 13.8 Å². The zero-order chi connectivity index (χ0) is 15.2. The number of amides is 2. The second-order valence-corrected chi connectivity index (χ2v) is 6.67. The van der Waals surface area contributed by atoms with E-state index in [1.165, 1.54) is 0 Å². The van der Waals surface area contributed by atoms with E-state index in [2.05, 4.69) is 5.32 Å². The molecule has 1 aromatic rings. The zero-order valence-corrected chi connectivity index (χ0v) is 12.8. The lowest BCUT2D eigenvalue weighted by atomic mass is 9.86. The van der Waals surface area contributed by atoms with Crippen molar-refractivity contribution in [3.63, 3.8) is 0 Å². The van der Waals surface area contributed by atoms with Crippen LogP contribution in [0, 0.1) is 11.8 Å². The molecule has 1 aliphatic heterocycles. The molecule has 21 heavy (non-hydrogen) atoms. The van der Waals surface area contributed by atoms with Gasteiger partial charge in [-0.2, -0.15) is 0 Å². The topological polar surface area (TPSA) is 62.6 Å². The maximum atomic E-state index is 13.0. The minimum Gasteiger partial charge on any atom is -0.467 e. The van der Waals surface area contributed by atoms with Gasteiger partial charge in [0.05, 0.1) is 12.8 Å². The first-order valence-corrected chi connectivity index (χ1v) is 7.59. The van der Waals surface area contributed by atoms with Crippen molar-refractivity contribution in [2.45, 2.75) is 51.7 Å².